The highest BCUT2D eigenvalue weighted by Crippen LogP contribution is 2.14. The summed E-state index contributed by atoms with van der Waals surface area (Å²) in [5, 5.41) is 11.7. The van der Waals surface area contributed by atoms with Gasteiger partial charge in [0.25, 0.3) is 0 Å². The Morgan fingerprint density at radius 3 is 1.58 bits per heavy atom. The van der Waals surface area contributed by atoms with Gasteiger partial charge in [-0.2, -0.15) is 0 Å². The van der Waals surface area contributed by atoms with Crippen LogP contribution in [0.3, 0.4) is 0 Å². The maximum absolute atomic E-state index is 12.7. The molecule has 52 heavy (non-hydrogen) atoms. The number of carboxylic acids is 1. The van der Waals surface area contributed by atoms with Gasteiger partial charge in [-0.25, -0.2) is 0 Å². The molecule has 0 N–H and O–H groups in total. The number of ether oxygens (including phenoxy) is 4. The molecule has 0 aliphatic carbocycles. The zero-order valence-electron chi connectivity index (χ0n) is 34.2. The van der Waals surface area contributed by atoms with Crippen LogP contribution in [0.5, 0.6) is 0 Å². The standard InChI is InChI=1S/C43H79NO8/c1-6-8-10-12-14-16-18-20-22-24-26-28-30-32-34-41(46)52-39(38-51-43(42(47)48)49-36-35-44(3,4)5)37-50-40(45)33-31-29-27-25-23-21-19-17-15-13-11-9-7-2/h12,14,18,20,39,43H,6-11,13,15-17,19,21-38H2,1-5H3/b14-12-,20-18-. The van der Waals surface area contributed by atoms with Crippen LogP contribution in [0.2, 0.25) is 0 Å². The Hall–Kier alpha value is -2.23. The minimum absolute atomic E-state index is 0.146. The first-order chi connectivity index (χ1) is 25.1. The lowest BCUT2D eigenvalue weighted by molar-refractivity contribution is -0.870. The van der Waals surface area contributed by atoms with E-state index in [1.54, 1.807) is 0 Å². The Bertz CT molecular complexity index is 913. The van der Waals surface area contributed by atoms with Crippen LogP contribution in [-0.4, -0.2) is 82.3 Å². The second-order valence-electron chi connectivity index (χ2n) is 15.3. The van der Waals surface area contributed by atoms with Gasteiger partial charge < -0.3 is 33.3 Å². The minimum atomic E-state index is -1.62. The summed E-state index contributed by atoms with van der Waals surface area (Å²) in [4.78, 5) is 36.8. The third kappa shape index (κ3) is 36.1. The summed E-state index contributed by atoms with van der Waals surface area (Å²) < 4.78 is 22.5. The number of nitrogens with zero attached hydrogens (tertiary/aromatic N) is 1. The zero-order chi connectivity index (χ0) is 38.5. The topological polar surface area (TPSA) is 111 Å². The predicted octanol–water partition coefficient (Wildman–Crippen LogP) is 9.16. The van der Waals surface area contributed by atoms with Crippen molar-refractivity contribution in [2.45, 2.75) is 187 Å². The molecule has 9 nitrogen and oxygen atoms in total. The maximum atomic E-state index is 12.7. The summed E-state index contributed by atoms with van der Waals surface area (Å²) in [6, 6.07) is 0. The molecule has 0 saturated heterocycles. The molecule has 0 aliphatic heterocycles. The maximum Gasteiger partial charge on any atom is 0.306 e. The molecule has 0 aliphatic rings. The number of quaternary nitrogens is 1. The lowest BCUT2D eigenvalue weighted by atomic mass is 10.0. The first-order valence-electron chi connectivity index (χ1n) is 21.0. The van der Waals surface area contributed by atoms with Gasteiger partial charge >= 0.3 is 11.9 Å². The molecule has 0 rings (SSSR count). The van der Waals surface area contributed by atoms with Gasteiger partial charge in [-0.15, -0.1) is 0 Å². The Morgan fingerprint density at radius 1 is 0.577 bits per heavy atom. The predicted molar refractivity (Wildman–Crippen MR) is 209 cm³/mol. The highest BCUT2D eigenvalue weighted by atomic mass is 16.7. The Kier molecular flexibility index (Phi) is 34.2. The number of aliphatic carboxylic acids is 1. The first kappa shape index (κ1) is 49.8. The van der Waals surface area contributed by atoms with E-state index in [9.17, 15) is 19.5 Å². The number of esters is 2. The number of carboxylic acid groups (broad SMARTS) is 1. The van der Waals surface area contributed by atoms with Gasteiger partial charge in [0.1, 0.15) is 13.2 Å². The number of hydrogen-bond donors (Lipinski definition) is 0. The number of unbranched alkanes of at least 4 members (excludes halogenated alkanes) is 19. The van der Waals surface area contributed by atoms with Gasteiger partial charge in [0.2, 0.25) is 0 Å². The summed E-state index contributed by atoms with van der Waals surface area (Å²) in [5.74, 6) is -2.30. The second-order valence-corrected chi connectivity index (χ2v) is 15.3. The Labute approximate surface area is 318 Å². The number of likely N-dealkylation sites (N-methyl/N-ethyl adjacent to an activating group) is 1. The number of carbonyl (C=O) groups is 3. The molecular formula is C43H79NO8. The van der Waals surface area contributed by atoms with Gasteiger partial charge in [-0.05, 0) is 38.5 Å². The van der Waals surface area contributed by atoms with Gasteiger partial charge in [0, 0.05) is 12.8 Å². The van der Waals surface area contributed by atoms with Crippen molar-refractivity contribution in [1.29, 1.82) is 0 Å². The largest absolute Gasteiger partial charge is 0.545 e. The smallest absolute Gasteiger partial charge is 0.306 e. The molecule has 0 fully saturated rings. The van der Waals surface area contributed by atoms with Gasteiger partial charge in [-0.1, -0.05) is 147 Å². The Balaban J connectivity index is 4.50. The zero-order valence-corrected chi connectivity index (χ0v) is 34.2. The fourth-order valence-electron chi connectivity index (χ4n) is 5.61. The average molecular weight is 738 g/mol. The average Bonchev–Trinajstić information content (AvgIpc) is 3.09. The lowest BCUT2D eigenvalue weighted by Gasteiger charge is -2.26. The van der Waals surface area contributed by atoms with Gasteiger partial charge in [0.15, 0.2) is 12.4 Å². The monoisotopic (exact) mass is 738 g/mol. The number of hydrogen-bond acceptors (Lipinski definition) is 8. The highest BCUT2D eigenvalue weighted by molar-refractivity contribution is 5.70. The molecule has 0 bridgehead atoms. The molecule has 0 aromatic rings. The summed E-state index contributed by atoms with van der Waals surface area (Å²) in [5.41, 5.74) is 0. The molecule has 2 unspecified atom stereocenters. The van der Waals surface area contributed by atoms with E-state index in [1.165, 1.54) is 77.0 Å². The molecule has 0 spiro atoms. The third-order valence-corrected chi connectivity index (χ3v) is 8.95. The van der Waals surface area contributed by atoms with Crippen LogP contribution in [-0.2, 0) is 33.3 Å². The van der Waals surface area contributed by atoms with Crippen molar-refractivity contribution >= 4 is 17.9 Å². The van der Waals surface area contributed by atoms with E-state index in [2.05, 4.69) is 38.2 Å². The normalized spacial score (nSPS) is 13.2. The van der Waals surface area contributed by atoms with E-state index in [1.807, 2.05) is 21.1 Å². The van der Waals surface area contributed by atoms with Crippen molar-refractivity contribution in [3.63, 3.8) is 0 Å². The summed E-state index contributed by atoms with van der Waals surface area (Å²) in [6.07, 6.45) is 33.4. The van der Waals surface area contributed by atoms with Crippen LogP contribution < -0.4 is 5.11 Å². The summed E-state index contributed by atoms with van der Waals surface area (Å²) in [6.45, 7) is 4.67. The van der Waals surface area contributed by atoms with Crippen molar-refractivity contribution in [1.82, 2.24) is 0 Å². The molecule has 9 heteroatoms. The van der Waals surface area contributed by atoms with Crippen LogP contribution in [0.1, 0.15) is 174 Å². The molecule has 0 amide bonds. The highest BCUT2D eigenvalue weighted by Gasteiger charge is 2.21. The van der Waals surface area contributed by atoms with E-state index in [0.717, 1.165) is 64.2 Å². The quantitative estimate of drug-likeness (QED) is 0.0203. The fraction of sp³-hybridized carbons (Fsp3) is 0.837. The van der Waals surface area contributed by atoms with Crippen molar-refractivity contribution in [2.24, 2.45) is 0 Å². The summed E-state index contributed by atoms with van der Waals surface area (Å²) in [7, 11) is 5.90. The van der Waals surface area contributed by atoms with E-state index >= 15 is 0 Å². The molecule has 0 saturated carbocycles. The van der Waals surface area contributed by atoms with Gasteiger partial charge in [0.05, 0.1) is 40.3 Å². The number of rotatable bonds is 38. The number of allylic oxidation sites excluding steroid dienone is 4. The van der Waals surface area contributed by atoms with E-state index in [0.29, 0.717) is 23.9 Å². The van der Waals surface area contributed by atoms with Crippen LogP contribution in [0.15, 0.2) is 24.3 Å². The Morgan fingerprint density at radius 2 is 1.06 bits per heavy atom. The molecular weight excluding hydrogens is 658 g/mol. The van der Waals surface area contributed by atoms with Crippen molar-refractivity contribution in [3.05, 3.63) is 24.3 Å². The number of carbonyl (C=O) groups excluding carboxylic acids is 3. The minimum Gasteiger partial charge on any atom is -0.545 e. The lowest BCUT2D eigenvalue weighted by Crippen LogP contribution is -2.44. The summed E-state index contributed by atoms with van der Waals surface area (Å²) >= 11 is 0. The molecule has 0 heterocycles. The van der Waals surface area contributed by atoms with Crippen LogP contribution in [0.4, 0.5) is 0 Å². The molecule has 2 atom stereocenters. The van der Waals surface area contributed by atoms with Crippen LogP contribution in [0, 0.1) is 0 Å². The van der Waals surface area contributed by atoms with Crippen molar-refractivity contribution in [3.8, 4) is 0 Å². The van der Waals surface area contributed by atoms with E-state index < -0.39 is 24.3 Å². The second kappa shape index (κ2) is 35.8. The SMILES string of the molecule is CCCC/C=C\C/C=C\CCCCCCCC(=O)OC(COC(=O)CCCCCCCCCCCCCCC)COC(OCC[N+](C)(C)C)C(=O)[O-]. The van der Waals surface area contributed by atoms with Crippen molar-refractivity contribution < 1.29 is 42.9 Å². The van der Waals surface area contributed by atoms with Gasteiger partial charge in [-0.3, -0.25) is 9.59 Å². The fourth-order valence-corrected chi connectivity index (χ4v) is 5.61. The first-order valence-corrected chi connectivity index (χ1v) is 21.0. The van der Waals surface area contributed by atoms with Crippen LogP contribution in [0.25, 0.3) is 0 Å². The molecule has 0 aromatic carbocycles. The molecule has 0 radical (unpaired) electrons. The van der Waals surface area contributed by atoms with Crippen molar-refractivity contribution in [2.75, 3.05) is 47.5 Å². The van der Waals surface area contributed by atoms with E-state index in [4.69, 9.17) is 18.9 Å². The van der Waals surface area contributed by atoms with E-state index in [-0.39, 0.29) is 32.2 Å². The van der Waals surface area contributed by atoms with Crippen LogP contribution >= 0.6 is 0 Å². The molecule has 304 valence electrons. The third-order valence-electron chi connectivity index (χ3n) is 8.95. The molecule has 0 aromatic heterocycles.